The van der Waals surface area contributed by atoms with E-state index in [0.717, 1.165) is 23.5 Å². The highest BCUT2D eigenvalue weighted by molar-refractivity contribution is 5.94. The Bertz CT molecular complexity index is 778. The Balaban J connectivity index is 1.77. The second-order valence-electron chi connectivity index (χ2n) is 5.28. The van der Waals surface area contributed by atoms with Crippen molar-refractivity contribution in [1.29, 1.82) is 0 Å². The van der Waals surface area contributed by atoms with Crippen LogP contribution in [0.3, 0.4) is 0 Å². The van der Waals surface area contributed by atoms with Crippen LogP contribution >= 0.6 is 0 Å². The smallest absolute Gasteiger partial charge is 0.254 e. The monoisotopic (exact) mass is 349 g/mol. The van der Waals surface area contributed by atoms with E-state index in [4.69, 9.17) is 0 Å². The Kier molecular flexibility index (Phi) is 5.93. The number of nitrogens with one attached hydrogen (secondary N) is 3. The third-order valence-electron chi connectivity index (χ3n) is 3.11. The lowest BCUT2D eigenvalue weighted by atomic mass is 10.2. The van der Waals surface area contributed by atoms with Crippen molar-refractivity contribution in [3.8, 4) is 0 Å². The van der Waals surface area contributed by atoms with Crippen molar-refractivity contribution in [3.63, 3.8) is 0 Å². The number of aromatic nitrogens is 2. The number of aryl methyl sites for hydroxylation is 2. The normalized spacial score (nSPS) is 10.2. The molecule has 0 fully saturated rings. The average molecular weight is 349 g/mol. The lowest BCUT2D eigenvalue weighted by molar-refractivity contribution is -0.120. The minimum Gasteiger partial charge on any atom is -0.351 e. The molecule has 9 heteroatoms. The number of amides is 2. The van der Waals surface area contributed by atoms with Crippen molar-refractivity contribution in [2.24, 2.45) is 0 Å². The quantitative estimate of drug-likeness (QED) is 0.689. The number of halogens is 2. The zero-order valence-electron chi connectivity index (χ0n) is 13.7. The molecule has 0 atom stereocenters. The molecule has 0 aliphatic heterocycles. The van der Waals surface area contributed by atoms with E-state index in [0.29, 0.717) is 6.07 Å². The molecule has 3 N–H and O–H groups in total. The van der Waals surface area contributed by atoms with Crippen LogP contribution in [0.2, 0.25) is 0 Å². The van der Waals surface area contributed by atoms with E-state index in [9.17, 15) is 18.4 Å². The molecule has 0 aliphatic carbocycles. The van der Waals surface area contributed by atoms with Gasteiger partial charge in [0.25, 0.3) is 5.91 Å². The highest BCUT2D eigenvalue weighted by atomic mass is 19.1. The summed E-state index contributed by atoms with van der Waals surface area (Å²) in [5.74, 6) is -2.62. The predicted molar refractivity (Wildman–Crippen MR) is 86.6 cm³/mol. The Morgan fingerprint density at radius 1 is 1.08 bits per heavy atom. The largest absolute Gasteiger partial charge is 0.351 e. The van der Waals surface area contributed by atoms with Gasteiger partial charge >= 0.3 is 0 Å². The summed E-state index contributed by atoms with van der Waals surface area (Å²) in [7, 11) is 0. The van der Waals surface area contributed by atoms with Gasteiger partial charge in [-0.1, -0.05) is 0 Å². The second kappa shape index (κ2) is 8.13. The molecule has 2 amide bonds. The number of nitrogens with zero attached hydrogens (tertiary/aromatic N) is 2. The van der Waals surface area contributed by atoms with Crippen LogP contribution in [-0.2, 0) is 4.79 Å². The van der Waals surface area contributed by atoms with Gasteiger partial charge in [0, 0.05) is 30.4 Å². The molecule has 25 heavy (non-hydrogen) atoms. The van der Waals surface area contributed by atoms with Crippen LogP contribution in [-0.4, -0.2) is 28.3 Å². The number of hydrogen-bond donors (Lipinski definition) is 3. The van der Waals surface area contributed by atoms with Crippen LogP contribution in [0.5, 0.6) is 0 Å². The molecular formula is C16H17F2N5O2. The summed E-state index contributed by atoms with van der Waals surface area (Å²) in [4.78, 5) is 31.7. The number of anilines is 1. The van der Waals surface area contributed by atoms with Crippen LogP contribution in [0.1, 0.15) is 28.2 Å². The van der Waals surface area contributed by atoms with E-state index in [-0.39, 0.29) is 24.5 Å². The first-order chi connectivity index (χ1) is 11.8. The van der Waals surface area contributed by atoms with E-state index in [1.807, 2.05) is 0 Å². The van der Waals surface area contributed by atoms with Crippen LogP contribution in [0.4, 0.5) is 14.7 Å². The van der Waals surface area contributed by atoms with Crippen molar-refractivity contribution in [1.82, 2.24) is 20.7 Å². The van der Waals surface area contributed by atoms with Gasteiger partial charge in [-0.2, -0.15) is 0 Å². The molecule has 0 saturated carbocycles. The summed E-state index contributed by atoms with van der Waals surface area (Å²) in [5, 5.41) is 2.39. The minimum absolute atomic E-state index is 0.0170. The molecule has 2 aromatic rings. The molecule has 0 saturated heterocycles. The SMILES string of the molecule is Cc1cc(C)nc(NNC(=O)CCNC(=O)c2ccc(F)cc2F)n1. The fourth-order valence-corrected chi connectivity index (χ4v) is 2.03. The molecule has 0 radical (unpaired) electrons. The maximum absolute atomic E-state index is 13.5. The summed E-state index contributed by atoms with van der Waals surface area (Å²) < 4.78 is 26.3. The van der Waals surface area contributed by atoms with E-state index < -0.39 is 23.4 Å². The molecular weight excluding hydrogens is 332 g/mol. The van der Waals surface area contributed by atoms with E-state index in [1.54, 1.807) is 19.9 Å². The summed E-state index contributed by atoms with van der Waals surface area (Å²) in [6.45, 7) is 3.58. The van der Waals surface area contributed by atoms with Crippen molar-refractivity contribution in [2.75, 3.05) is 12.0 Å². The summed E-state index contributed by atoms with van der Waals surface area (Å²) in [6.07, 6.45) is -0.0493. The third-order valence-corrected chi connectivity index (χ3v) is 3.11. The Morgan fingerprint density at radius 2 is 1.76 bits per heavy atom. The minimum atomic E-state index is -0.962. The van der Waals surface area contributed by atoms with Crippen molar-refractivity contribution in [2.45, 2.75) is 20.3 Å². The van der Waals surface area contributed by atoms with Gasteiger partial charge < -0.3 is 5.32 Å². The van der Waals surface area contributed by atoms with Gasteiger partial charge in [-0.3, -0.25) is 20.4 Å². The first-order valence-electron chi connectivity index (χ1n) is 7.45. The zero-order chi connectivity index (χ0) is 18.4. The predicted octanol–water partition coefficient (Wildman–Crippen LogP) is 1.63. The second-order valence-corrected chi connectivity index (χ2v) is 5.28. The van der Waals surface area contributed by atoms with E-state index in [2.05, 4.69) is 26.1 Å². The topological polar surface area (TPSA) is 96.0 Å². The molecule has 1 heterocycles. The van der Waals surface area contributed by atoms with Crippen molar-refractivity contribution < 1.29 is 18.4 Å². The Hall–Kier alpha value is -3.10. The van der Waals surface area contributed by atoms with Crippen LogP contribution < -0.4 is 16.2 Å². The molecule has 0 aliphatic rings. The summed E-state index contributed by atoms with van der Waals surface area (Å²) in [5.41, 5.74) is 6.18. The molecule has 2 rings (SSSR count). The number of carbonyl (C=O) groups excluding carboxylic acids is 2. The molecule has 132 valence electrons. The van der Waals surface area contributed by atoms with E-state index in [1.165, 1.54) is 0 Å². The highest BCUT2D eigenvalue weighted by Crippen LogP contribution is 2.09. The van der Waals surface area contributed by atoms with Crippen LogP contribution in [0.15, 0.2) is 24.3 Å². The number of benzene rings is 1. The Morgan fingerprint density at radius 3 is 2.40 bits per heavy atom. The van der Waals surface area contributed by atoms with Gasteiger partial charge in [-0.15, -0.1) is 0 Å². The third kappa shape index (κ3) is 5.48. The summed E-state index contributed by atoms with van der Waals surface area (Å²) in [6, 6.07) is 4.43. The van der Waals surface area contributed by atoms with Gasteiger partial charge in [0.15, 0.2) is 0 Å². The maximum atomic E-state index is 13.5. The first kappa shape index (κ1) is 18.2. The lowest BCUT2D eigenvalue weighted by Crippen LogP contribution is -2.34. The standard InChI is InChI=1S/C16H17F2N5O2/c1-9-7-10(2)21-16(20-9)23-22-14(24)5-6-19-15(25)12-4-3-11(17)8-13(12)18/h3-4,7-8H,5-6H2,1-2H3,(H,19,25)(H,22,24)(H,20,21,23). The summed E-state index contributed by atoms with van der Waals surface area (Å²) >= 11 is 0. The first-order valence-corrected chi connectivity index (χ1v) is 7.45. The van der Waals surface area contributed by atoms with Gasteiger partial charge in [0.05, 0.1) is 5.56 Å². The van der Waals surface area contributed by atoms with Gasteiger partial charge in [0.2, 0.25) is 11.9 Å². The van der Waals surface area contributed by atoms with Gasteiger partial charge in [-0.05, 0) is 32.0 Å². The lowest BCUT2D eigenvalue weighted by Gasteiger charge is -2.09. The Labute approximate surface area is 142 Å². The molecule has 0 unspecified atom stereocenters. The molecule has 0 spiro atoms. The van der Waals surface area contributed by atoms with Gasteiger partial charge in [-0.25, -0.2) is 18.7 Å². The van der Waals surface area contributed by atoms with Crippen molar-refractivity contribution in [3.05, 3.63) is 52.9 Å². The van der Waals surface area contributed by atoms with E-state index >= 15 is 0 Å². The average Bonchev–Trinajstić information content (AvgIpc) is 2.52. The van der Waals surface area contributed by atoms with Crippen LogP contribution in [0, 0.1) is 25.5 Å². The number of hydrogen-bond acceptors (Lipinski definition) is 5. The number of rotatable bonds is 6. The van der Waals surface area contributed by atoms with Crippen molar-refractivity contribution >= 4 is 17.8 Å². The molecule has 7 nitrogen and oxygen atoms in total. The molecule has 1 aromatic heterocycles. The number of hydrazine groups is 1. The maximum Gasteiger partial charge on any atom is 0.254 e. The fraction of sp³-hybridized carbons (Fsp3) is 0.250. The molecule has 0 bridgehead atoms. The highest BCUT2D eigenvalue weighted by Gasteiger charge is 2.12. The van der Waals surface area contributed by atoms with Gasteiger partial charge in [0.1, 0.15) is 11.6 Å². The molecule has 1 aromatic carbocycles. The number of carbonyl (C=O) groups is 2. The van der Waals surface area contributed by atoms with Crippen LogP contribution in [0.25, 0.3) is 0 Å². The zero-order valence-corrected chi connectivity index (χ0v) is 13.7. The fourth-order valence-electron chi connectivity index (χ4n) is 2.03.